The molecule has 146 valence electrons. The van der Waals surface area contributed by atoms with Crippen LogP contribution < -0.4 is 5.73 Å². The summed E-state index contributed by atoms with van der Waals surface area (Å²) < 4.78 is 24.7. The molecule has 1 saturated heterocycles. The van der Waals surface area contributed by atoms with E-state index in [2.05, 4.69) is 5.16 Å². The first-order valence-corrected chi connectivity index (χ1v) is 9.87. The maximum atomic E-state index is 11.7. The molecule has 0 aromatic heterocycles. The van der Waals surface area contributed by atoms with Gasteiger partial charge in [-0.2, -0.15) is 0 Å². The van der Waals surface area contributed by atoms with Crippen molar-refractivity contribution in [2.75, 3.05) is 34.0 Å². The summed E-state index contributed by atoms with van der Waals surface area (Å²) in [5, 5.41) is 3.90. The smallest absolute Gasteiger partial charge is 0.271 e. The first-order valence-electron chi connectivity index (χ1n) is 8.25. The van der Waals surface area contributed by atoms with Crippen molar-refractivity contribution in [2.24, 2.45) is 10.9 Å². The topological polar surface area (TPSA) is 115 Å². The lowest BCUT2D eigenvalue weighted by atomic mass is 10.1. The van der Waals surface area contributed by atoms with Crippen molar-refractivity contribution < 1.29 is 27.8 Å². The molecule has 2 rings (SSSR count). The Labute approximate surface area is 155 Å². The van der Waals surface area contributed by atoms with Gasteiger partial charge in [0.15, 0.2) is 5.71 Å². The number of carbonyl (C=O) groups excluding carboxylic acids is 1. The van der Waals surface area contributed by atoms with Gasteiger partial charge in [0.1, 0.15) is 16.2 Å². The molecule has 1 aliphatic rings. The quantitative estimate of drug-likeness (QED) is 0.387. The van der Waals surface area contributed by atoms with E-state index in [0.29, 0.717) is 25.4 Å². The molecular formula is C17H27N2O6S+. The standard InChI is InChI=1S/C17H26N2O6S/c1-12(10-22-2)25-19-16(17(18)20)13-4-6-14(7-5-13)26(21,23-3)15-8-9-24-11-15/h4-7,12,15,21H,8-11H2,1-3H3,(H2,18,20)/p+1/b19-16+/t12-,15+/m1/s1. The van der Waals surface area contributed by atoms with Gasteiger partial charge >= 0.3 is 0 Å². The number of methoxy groups -OCH3 is 1. The van der Waals surface area contributed by atoms with Gasteiger partial charge in [-0.3, -0.25) is 4.79 Å². The molecule has 1 aromatic carbocycles. The van der Waals surface area contributed by atoms with Crippen LogP contribution in [0.1, 0.15) is 18.9 Å². The number of ether oxygens (including phenoxy) is 2. The number of primary amides is 1. The highest BCUT2D eigenvalue weighted by Crippen LogP contribution is 2.58. The first kappa shape index (κ1) is 20.7. The fourth-order valence-corrected chi connectivity index (χ4v) is 4.77. The van der Waals surface area contributed by atoms with Gasteiger partial charge < -0.3 is 24.6 Å². The second-order valence-corrected chi connectivity index (χ2v) is 8.63. The summed E-state index contributed by atoms with van der Waals surface area (Å²) in [7, 11) is 0.896. The molecule has 0 spiro atoms. The summed E-state index contributed by atoms with van der Waals surface area (Å²) >= 11 is 0. The van der Waals surface area contributed by atoms with Crippen molar-refractivity contribution >= 4 is 22.2 Å². The van der Waals surface area contributed by atoms with E-state index in [1.54, 1.807) is 45.4 Å². The Morgan fingerprint density at radius 1 is 1.42 bits per heavy atom. The summed E-state index contributed by atoms with van der Waals surface area (Å²) in [5.41, 5.74) is 5.96. The van der Waals surface area contributed by atoms with Crippen LogP contribution in [0.3, 0.4) is 0 Å². The van der Waals surface area contributed by atoms with Crippen LogP contribution in [0.25, 0.3) is 0 Å². The summed E-state index contributed by atoms with van der Waals surface area (Å²) in [6, 6.07) is 6.95. The van der Waals surface area contributed by atoms with E-state index in [1.807, 2.05) is 0 Å². The van der Waals surface area contributed by atoms with E-state index in [4.69, 9.17) is 28.8 Å². The summed E-state index contributed by atoms with van der Waals surface area (Å²) in [6.07, 6.45) is 0.489. The van der Waals surface area contributed by atoms with Gasteiger partial charge in [0, 0.05) is 19.3 Å². The van der Waals surface area contributed by atoms with Crippen molar-refractivity contribution in [1.82, 2.24) is 0 Å². The third kappa shape index (κ3) is 4.74. The van der Waals surface area contributed by atoms with Gasteiger partial charge in [-0.1, -0.05) is 27.9 Å². The molecule has 3 atom stereocenters. The molecule has 1 unspecified atom stereocenters. The molecule has 0 saturated carbocycles. The number of carbonyl (C=O) groups is 1. The van der Waals surface area contributed by atoms with Gasteiger partial charge in [0.05, 0.1) is 20.3 Å². The Morgan fingerprint density at radius 3 is 2.62 bits per heavy atom. The largest absolute Gasteiger partial charge is 0.390 e. The van der Waals surface area contributed by atoms with Gasteiger partial charge in [0.25, 0.3) is 5.91 Å². The molecule has 1 aromatic rings. The molecular weight excluding hydrogens is 360 g/mol. The first-order chi connectivity index (χ1) is 12.4. The number of benzene rings is 1. The number of oxime groups is 1. The number of nitrogens with zero attached hydrogens (tertiary/aromatic N) is 1. The number of rotatable bonds is 9. The molecule has 1 heterocycles. The summed E-state index contributed by atoms with van der Waals surface area (Å²) in [4.78, 5) is 17.7. The van der Waals surface area contributed by atoms with Crippen molar-refractivity contribution in [3.05, 3.63) is 29.8 Å². The summed E-state index contributed by atoms with van der Waals surface area (Å²) in [5.74, 6) is -0.692. The maximum absolute atomic E-state index is 11.7. The predicted molar refractivity (Wildman–Crippen MR) is 100 cm³/mol. The Hall–Kier alpha value is -1.65. The van der Waals surface area contributed by atoms with Crippen molar-refractivity contribution in [3.8, 4) is 0 Å². The predicted octanol–water partition coefficient (Wildman–Crippen LogP) is 1.08. The maximum Gasteiger partial charge on any atom is 0.271 e. The van der Waals surface area contributed by atoms with Gasteiger partial charge in [-0.15, -0.1) is 0 Å². The minimum Gasteiger partial charge on any atom is -0.390 e. The van der Waals surface area contributed by atoms with Crippen LogP contribution in [0, 0.1) is 0 Å². The Bertz CT molecular complexity index is 633. The van der Waals surface area contributed by atoms with E-state index < -0.39 is 16.5 Å². The zero-order chi connectivity index (χ0) is 19.2. The highest BCUT2D eigenvalue weighted by molar-refractivity contribution is 8.25. The third-order valence-corrected chi connectivity index (χ3v) is 6.87. The molecule has 8 nitrogen and oxygen atoms in total. The molecule has 4 N–H and O–H groups in total. The number of hydrogen-bond donors (Lipinski definition) is 1. The third-order valence-electron chi connectivity index (χ3n) is 4.06. The van der Waals surface area contributed by atoms with Crippen molar-refractivity contribution in [3.63, 3.8) is 0 Å². The van der Waals surface area contributed by atoms with E-state index in [-0.39, 0.29) is 17.1 Å². The number of hydrogen-bond acceptors (Lipinski definition) is 6. The van der Waals surface area contributed by atoms with E-state index in [0.717, 1.165) is 11.3 Å². The van der Waals surface area contributed by atoms with Gasteiger partial charge in [-0.25, -0.2) is 4.18 Å². The molecule has 1 fully saturated rings. The SMILES string of the molecule is COC[C@@H](C)O/N=C(/C(N)=O)c1ccc(S([OH2+])(OC)[C@H]2CCOC2)cc1. The fourth-order valence-electron chi connectivity index (χ4n) is 2.66. The monoisotopic (exact) mass is 387 g/mol. The fraction of sp³-hybridized carbons (Fsp3) is 0.529. The van der Waals surface area contributed by atoms with E-state index in [9.17, 15) is 4.79 Å². The lowest BCUT2D eigenvalue weighted by Crippen LogP contribution is -2.26. The Balaban J connectivity index is 2.22. The normalized spacial score (nSPS) is 22.5. The van der Waals surface area contributed by atoms with Crippen LogP contribution in [-0.2, 0) is 23.3 Å². The second kappa shape index (κ2) is 9.33. The van der Waals surface area contributed by atoms with Crippen LogP contribution in [0.15, 0.2) is 34.3 Å². The summed E-state index contributed by atoms with van der Waals surface area (Å²) in [6.45, 7) is 3.29. The number of amides is 1. The Kier molecular flexibility index (Phi) is 7.42. The average Bonchev–Trinajstić information content (AvgIpc) is 3.17. The molecule has 1 amide bonds. The zero-order valence-corrected chi connectivity index (χ0v) is 16.1. The highest BCUT2D eigenvalue weighted by atomic mass is 32.3. The second-order valence-electron chi connectivity index (χ2n) is 5.95. The van der Waals surface area contributed by atoms with Crippen LogP contribution in [0.2, 0.25) is 0 Å². The van der Waals surface area contributed by atoms with Crippen LogP contribution in [-0.4, -0.2) is 61.6 Å². The minimum atomic E-state index is -2.21. The number of nitrogens with two attached hydrogens (primary N) is 1. The molecule has 26 heavy (non-hydrogen) atoms. The average molecular weight is 387 g/mol. The van der Waals surface area contributed by atoms with Crippen LogP contribution in [0.5, 0.6) is 0 Å². The lowest BCUT2D eigenvalue weighted by molar-refractivity contribution is -0.112. The minimum absolute atomic E-state index is 0.0201. The van der Waals surface area contributed by atoms with Gasteiger partial charge in [-0.05, 0) is 25.5 Å². The zero-order valence-electron chi connectivity index (χ0n) is 15.3. The molecule has 9 heteroatoms. The Morgan fingerprint density at radius 2 is 2.12 bits per heavy atom. The van der Waals surface area contributed by atoms with Crippen molar-refractivity contribution in [1.29, 1.82) is 0 Å². The molecule has 0 bridgehead atoms. The van der Waals surface area contributed by atoms with E-state index >= 15 is 0 Å². The molecule has 1 aliphatic heterocycles. The lowest BCUT2D eigenvalue weighted by Gasteiger charge is -2.37. The van der Waals surface area contributed by atoms with Gasteiger partial charge in [0.2, 0.25) is 0 Å². The highest BCUT2D eigenvalue weighted by Gasteiger charge is 2.37. The molecule has 0 radical (unpaired) electrons. The van der Waals surface area contributed by atoms with E-state index in [1.165, 1.54) is 0 Å². The van der Waals surface area contributed by atoms with Crippen LogP contribution in [0.4, 0.5) is 0 Å². The van der Waals surface area contributed by atoms with Crippen LogP contribution >= 0.6 is 10.6 Å². The molecule has 0 aliphatic carbocycles. The van der Waals surface area contributed by atoms with Crippen molar-refractivity contribution in [2.45, 2.75) is 29.6 Å².